The van der Waals surface area contributed by atoms with E-state index in [0.717, 1.165) is 25.9 Å². The molecule has 6 aromatic rings. The number of pyridine rings is 1. The average molecular weight is 949 g/mol. The van der Waals surface area contributed by atoms with Crippen LogP contribution in [-0.2, 0) is 17.1 Å². The van der Waals surface area contributed by atoms with Crippen LogP contribution in [0.5, 0.6) is 23.0 Å². The van der Waals surface area contributed by atoms with Crippen LogP contribution in [0.3, 0.4) is 0 Å². The molecule has 0 radical (unpaired) electrons. The number of nitrogens with one attached hydrogen (secondary N) is 4. The smallest absolute Gasteiger partial charge is 0.274 e. The Labute approximate surface area is 394 Å². The molecule has 2 fully saturated rings. The van der Waals surface area contributed by atoms with Gasteiger partial charge in [0.1, 0.15) is 47.3 Å². The van der Waals surface area contributed by atoms with E-state index >= 15 is 0 Å². The molecule has 0 bridgehead atoms. The summed E-state index contributed by atoms with van der Waals surface area (Å²) in [5.41, 5.74) is 1.85. The first-order chi connectivity index (χ1) is 32.0. The molecule has 0 spiro atoms. The van der Waals surface area contributed by atoms with Crippen molar-refractivity contribution in [3.05, 3.63) is 118 Å². The number of hydrogen-bond acceptors (Lipinski definition) is 12. The van der Waals surface area contributed by atoms with Crippen LogP contribution in [0.15, 0.2) is 96.3 Å². The van der Waals surface area contributed by atoms with Crippen molar-refractivity contribution < 1.29 is 27.4 Å². The Morgan fingerprint density at radius 3 is 2.40 bits per heavy atom. The summed E-state index contributed by atoms with van der Waals surface area (Å²) in [6, 6.07) is 21.4. The minimum atomic E-state index is -3.55. The molecule has 4 N–H and O–H groups in total. The van der Waals surface area contributed by atoms with Gasteiger partial charge >= 0.3 is 0 Å². The van der Waals surface area contributed by atoms with Gasteiger partial charge < -0.3 is 39.3 Å². The Hall–Kier alpha value is -6.61. The normalized spacial score (nSPS) is 17.9. The number of aromatic amines is 1. The van der Waals surface area contributed by atoms with E-state index in [1.54, 1.807) is 81.2 Å². The lowest BCUT2D eigenvalue weighted by molar-refractivity contribution is -0.164. The highest BCUT2D eigenvalue weighted by Crippen LogP contribution is 2.55. The Bertz CT molecular complexity index is 3000. The lowest BCUT2D eigenvalue weighted by Crippen LogP contribution is -2.74. The van der Waals surface area contributed by atoms with Gasteiger partial charge in [0.25, 0.3) is 11.5 Å². The Morgan fingerprint density at radius 1 is 0.970 bits per heavy atom. The number of nitriles is 1. The quantitative estimate of drug-likeness (QED) is 0.0691. The number of aromatic nitrogens is 4. The van der Waals surface area contributed by atoms with E-state index in [4.69, 9.17) is 25.8 Å². The van der Waals surface area contributed by atoms with Gasteiger partial charge in [-0.2, -0.15) is 5.26 Å². The van der Waals surface area contributed by atoms with Gasteiger partial charge in [-0.1, -0.05) is 45.4 Å². The minimum Gasteiger partial charge on any atom is -0.492 e. The Balaban J connectivity index is 0.816. The molecular formula is C49H54ClN9O7S. The molecule has 1 saturated heterocycles. The van der Waals surface area contributed by atoms with Crippen LogP contribution in [0.1, 0.15) is 63.4 Å². The number of carbonyl (C=O) groups excluding carboxylic acids is 1. The number of anilines is 2. The number of aryl methyl sites for hydroxylation is 1. The van der Waals surface area contributed by atoms with Gasteiger partial charge in [0, 0.05) is 109 Å². The van der Waals surface area contributed by atoms with E-state index in [1.165, 1.54) is 4.57 Å². The van der Waals surface area contributed by atoms with Crippen LogP contribution >= 0.6 is 11.6 Å². The maximum atomic E-state index is 13.5. The number of carbonyl (C=O) groups is 1. The standard InChI is InChI=1S/C49H54ClN9O7S/c1-7-67(62,63)57-33-12-14-41(38(23-33)39-29-58(6)44(61)42-37(39)15-18-53-42)65-35-10-8-9-34(24-35)64-22-19-52-32-16-20-59(21-17-32)47-54-27-31(28-55-47)43(60)56-45-48(2,3)46(49(45,4)5)66-36-13-11-30(26-51)40(50)25-36/h8-15,18,23-25,27-29,32,45-46,52-53,57H,7,16-17,19-22H2,1-6H3,(H,56,60). The zero-order valence-electron chi connectivity index (χ0n) is 38.2. The van der Waals surface area contributed by atoms with Crippen molar-refractivity contribution in [2.24, 2.45) is 17.9 Å². The van der Waals surface area contributed by atoms with Gasteiger partial charge in [0.15, 0.2) is 0 Å². The van der Waals surface area contributed by atoms with E-state index in [9.17, 15) is 23.3 Å². The van der Waals surface area contributed by atoms with E-state index in [0.29, 0.717) is 86.0 Å². The molecule has 0 unspecified atom stereocenters. The summed E-state index contributed by atoms with van der Waals surface area (Å²) < 4.78 is 47.9. The number of H-pyrrole nitrogens is 1. The molecule has 1 aliphatic carbocycles. The molecular weight excluding hydrogens is 894 g/mol. The third kappa shape index (κ3) is 9.92. The fourth-order valence-corrected chi connectivity index (χ4v) is 10.4. The molecule has 18 heteroatoms. The molecule has 1 aliphatic heterocycles. The SMILES string of the molecule is CCS(=O)(=O)Nc1ccc(Oc2cccc(OCCNC3CCN(c4ncc(C(=O)NC5C(C)(C)C(Oc6ccc(C#N)c(Cl)c6)C5(C)C)cn4)CC3)c2)c(-c2cn(C)c(=O)c3[nH]ccc23)c1. The number of piperidine rings is 1. The molecule has 16 nitrogen and oxygen atoms in total. The minimum absolute atomic E-state index is 0.0846. The zero-order valence-corrected chi connectivity index (χ0v) is 39.8. The molecule has 3 aromatic heterocycles. The van der Waals surface area contributed by atoms with Gasteiger partial charge in [0.05, 0.1) is 21.9 Å². The summed E-state index contributed by atoms with van der Waals surface area (Å²) in [7, 11) is -1.89. The van der Waals surface area contributed by atoms with E-state index < -0.39 is 20.9 Å². The van der Waals surface area contributed by atoms with Gasteiger partial charge in [0.2, 0.25) is 16.0 Å². The molecule has 1 saturated carbocycles. The molecule has 3 aromatic carbocycles. The third-order valence-corrected chi connectivity index (χ3v) is 14.4. The van der Waals surface area contributed by atoms with Crippen LogP contribution < -0.4 is 40.0 Å². The zero-order chi connectivity index (χ0) is 47.7. The van der Waals surface area contributed by atoms with Crippen LogP contribution in [-0.4, -0.2) is 84.0 Å². The van der Waals surface area contributed by atoms with Crippen molar-refractivity contribution in [3.63, 3.8) is 0 Å². The number of halogens is 1. The van der Waals surface area contributed by atoms with Gasteiger partial charge in [-0.3, -0.25) is 14.3 Å². The first kappa shape index (κ1) is 46.9. The summed E-state index contributed by atoms with van der Waals surface area (Å²) in [5.74, 6) is 2.42. The number of benzene rings is 3. The van der Waals surface area contributed by atoms with Crippen molar-refractivity contribution in [1.82, 2.24) is 30.2 Å². The second-order valence-corrected chi connectivity index (χ2v) is 20.6. The maximum Gasteiger partial charge on any atom is 0.274 e. The fourth-order valence-electron chi connectivity index (χ4n) is 9.51. The number of ether oxygens (including phenoxy) is 3. The number of nitrogens with zero attached hydrogens (tertiary/aromatic N) is 5. The summed E-state index contributed by atoms with van der Waals surface area (Å²) in [4.78, 5) is 40.6. The molecule has 1 amide bonds. The van der Waals surface area contributed by atoms with Crippen molar-refractivity contribution >= 4 is 50.1 Å². The molecule has 4 heterocycles. The highest BCUT2D eigenvalue weighted by Gasteiger charge is 2.64. The number of amides is 1. The summed E-state index contributed by atoms with van der Waals surface area (Å²) in [5, 5.41) is 17.0. The summed E-state index contributed by atoms with van der Waals surface area (Å²) >= 11 is 6.25. The number of fused-ring (bicyclic) bond motifs is 1. The first-order valence-corrected chi connectivity index (χ1v) is 24.2. The van der Waals surface area contributed by atoms with Crippen LogP contribution in [0.4, 0.5) is 11.6 Å². The van der Waals surface area contributed by atoms with Crippen LogP contribution in [0, 0.1) is 22.2 Å². The highest BCUT2D eigenvalue weighted by atomic mass is 35.5. The predicted molar refractivity (Wildman–Crippen MR) is 259 cm³/mol. The van der Waals surface area contributed by atoms with Crippen molar-refractivity contribution in [2.45, 2.75) is 65.6 Å². The largest absolute Gasteiger partial charge is 0.492 e. The first-order valence-electron chi connectivity index (χ1n) is 22.2. The van der Waals surface area contributed by atoms with E-state index in [1.807, 2.05) is 24.3 Å². The lowest BCUT2D eigenvalue weighted by atomic mass is 9.49. The number of rotatable bonds is 16. The molecule has 0 atom stereocenters. The second kappa shape index (κ2) is 18.9. The number of hydrogen-bond donors (Lipinski definition) is 4. The van der Waals surface area contributed by atoms with E-state index in [-0.39, 0.29) is 35.4 Å². The van der Waals surface area contributed by atoms with Crippen molar-refractivity contribution in [3.8, 4) is 40.2 Å². The van der Waals surface area contributed by atoms with E-state index in [2.05, 4.69) is 69.0 Å². The predicted octanol–water partition coefficient (Wildman–Crippen LogP) is 7.65. The number of sulfonamides is 1. The van der Waals surface area contributed by atoms with Crippen molar-refractivity contribution in [1.29, 1.82) is 5.26 Å². The molecule has 67 heavy (non-hydrogen) atoms. The van der Waals surface area contributed by atoms with Crippen molar-refractivity contribution in [2.75, 3.05) is 41.6 Å². The Kier molecular flexibility index (Phi) is 13.3. The summed E-state index contributed by atoms with van der Waals surface area (Å²) in [6.45, 7) is 12.4. The topological polar surface area (TPSA) is 206 Å². The molecule has 350 valence electrons. The fraction of sp³-hybridized carbons (Fsp3) is 0.367. The van der Waals surface area contributed by atoms with Gasteiger partial charge in [-0.15, -0.1) is 0 Å². The molecule has 2 aliphatic rings. The third-order valence-electron chi connectivity index (χ3n) is 12.8. The van der Waals surface area contributed by atoms with Crippen LogP contribution in [0.25, 0.3) is 22.0 Å². The van der Waals surface area contributed by atoms with Crippen LogP contribution in [0.2, 0.25) is 5.02 Å². The average Bonchev–Trinajstić information content (AvgIpc) is 3.81. The monoisotopic (exact) mass is 947 g/mol. The molecule has 8 rings (SSSR count). The second-order valence-electron chi connectivity index (χ2n) is 18.2. The lowest BCUT2D eigenvalue weighted by Gasteiger charge is -2.63. The summed E-state index contributed by atoms with van der Waals surface area (Å²) in [6.07, 6.45) is 8.10. The van der Waals surface area contributed by atoms with Gasteiger partial charge in [-0.25, -0.2) is 18.4 Å². The Morgan fingerprint density at radius 2 is 1.70 bits per heavy atom. The maximum absolute atomic E-state index is 13.5. The van der Waals surface area contributed by atoms with Gasteiger partial charge in [-0.05, 0) is 68.3 Å². The highest BCUT2D eigenvalue weighted by molar-refractivity contribution is 7.92.